The maximum absolute atomic E-state index is 12.1. The highest BCUT2D eigenvalue weighted by atomic mass is 79.9. The molecule has 1 aliphatic heterocycles. The molecule has 2 aromatic rings. The Labute approximate surface area is 180 Å². The molecule has 0 bridgehead atoms. The Balaban J connectivity index is 1.35. The van der Waals surface area contributed by atoms with E-state index in [2.05, 4.69) is 61.0 Å². The summed E-state index contributed by atoms with van der Waals surface area (Å²) < 4.78 is 0.959. The number of nitrogens with one attached hydrogen (secondary N) is 3. The first-order valence-corrected chi connectivity index (χ1v) is 10.7. The zero-order valence-electron chi connectivity index (χ0n) is 16.6. The number of anilines is 1. The Bertz CT molecular complexity index is 836. The summed E-state index contributed by atoms with van der Waals surface area (Å²) in [4.78, 5) is 26.6. The van der Waals surface area contributed by atoms with E-state index >= 15 is 0 Å². The van der Waals surface area contributed by atoms with Crippen LogP contribution >= 0.6 is 15.9 Å². The largest absolute Gasteiger partial charge is 0.335 e. The highest BCUT2D eigenvalue weighted by Crippen LogP contribution is 2.19. The van der Waals surface area contributed by atoms with Crippen molar-refractivity contribution in [1.29, 1.82) is 0 Å². The van der Waals surface area contributed by atoms with Gasteiger partial charge in [0.2, 0.25) is 5.91 Å². The van der Waals surface area contributed by atoms with Crippen molar-refractivity contribution in [3.8, 4) is 0 Å². The van der Waals surface area contributed by atoms with E-state index in [0.717, 1.165) is 48.2 Å². The molecule has 3 amide bonds. The molecule has 0 aliphatic carbocycles. The van der Waals surface area contributed by atoms with Gasteiger partial charge in [-0.05, 0) is 49.1 Å². The van der Waals surface area contributed by atoms with Crippen LogP contribution in [0.2, 0.25) is 0 Å². The molecule has 2 aromatic carbocycles. The SMILES string of the molecule is Cc1cc(Br)ccc1NC(=O)CNC(=O)NC1CCN(Cc2ccccc2)CC1. The lowest BCUT2D eigenvalue weighted by atomic mass is 10.0. The van der Waals surface area contributed by atoms with Gasteiger partial charge >= 0.3 is 6.03 Å². The van der Waals surface area contributed by atoms with Crippen molar-refractivity contribution in [2.75, 3.05) is 25.0 Å². The molecule has 1 saturated heterocycles. The van der Waals surface area contributed by atoms with Gasteiger partial charge in [0.1, 0.15) is 0 Å². The lowest BCUT2D eigenvalue weighted by Crippen LogP contribution is -2.48. The predicted octanol–water partition coefficient (Wildman–Crippen LogP) is 3.66. The number of urea groups is 1. The third-order valence-corrected chi connectivity index (χ3v) is 5.54. The van der Waals surface area contributed by atoms with Gasteiger partial charge in [0.05, 0.1) is 6.54 Å². The molecule has 1 aliphatic rings. The van der Waals surface area contributed by atoms with E-state index in [4.69, 9.17) is 0 Å². The first kappa shape index (κ1) is 21.3. The molecule has 154 valence electrons. The molecule has 1 fully saturated rings. The van der Waals surface area contributed by atoms with Crippen LogP contribution in [-0.4, -0.2) is 42.5 Å². The van der Waals surface area contributed by atoms with Crippen LogP contribution in [0.25, 0.3) is 0 Å². The van der Waals surface area contributed by atoms with Crippen LogP contribution in [0.3, 0.4) is 0 Å². The molecule has 0 aromatic heterocycles. The topological polar surface area (TPSA) is 73.5 Å². The molecular weight excluding hydrogens is 432 g/mol. The Kier molecular flexibility index (Phi) is 7.66. The fourth-order valence-electron chi connectivity index (χ4n) is 3.44. The van der Waals surface area contributed by atoms with Gasteiger partial charge in [-0.25, -0.2) is 4.79 Å². The van der Waals surface area contributed by atoms with Crippen LogP contribution in [0.4, 0.5) is 10.5 Å². The summed E-state index contributed by atoms with van der Waals surface area (Å²) >= 11 is 3.40. The summed E-state index contributed by atoms with van der Waals surface area (Å²) in [5.74, 6) is -0.247. The standard InChI is InChI=1S/C22H27BrN4O2/c1-16-13-18(23)7-8-20(16)26-21(28)14-24-22(29)25-19-9-11-27(12-10-19)15-17-5-3-2-4-6-17/h2-8,13,19H,9-12,14-15H2,1H3,(H,26,28)(H2,24,25,29). The van der Waals surface area contributed by atoms with Gasteiger partial charge in [-0.2, -0.15) is 0 Å². The molecule has 0 spiro atoms. The third kappa shape index (κ3) is 6.87. The number of hydrogen-bond donors (Lipinski definition) is 3. The number of amides is 3. The average Bonchev–Trinajstić information content (AvgIpc) is 2.71. The van der Waals surface area contributed by atoms with Crippen LogP contribution in [-0.2, 0) is 11.3 Å². The van der Waals surface area contributed by atoms with E-state index in [1.807, 2.05) is 31.2 Å². The molecule has 7 heteroatoms. The molecular formula is C22H27BrN4O2. The maximum atomic E-state index is 12.1. The van der Waals surface area contributed by atoms with Gasteiger partial charge in [-0.3, -0.25) is 9.69 Å². The second-order valence-corrected chi connectivity index (χ2v) is 8.29. The Morgan fingerprint density at radius 3 is 2.52 bits per heavy atom. The zero-order chi connectivity index (χ0) is 20.6. The minimum Gasteiger partial charge on any atom is -0.335 e. The monoisotopic (exact) mass is 458 g/mol. The average molecular weight is 459 g/mol. The van der Waals surface area contributed by atoms with Crippen molar-refractivity contribution >= 4 is 33.6 Å². The zero-order valence-corrected chi connectivity index (χ0v) is 18.2. The van der Waals surface area contributed by atoms with Crippen LogP contribution in [0, 0.1) is 6.92 Å². The van der Waals surface area contributed by atoms with E-state index in [1.165, 1.54) is 5.56 Å². The highest BCUT2D eigenvalue weighted by Gasteiger charge is 2.20. The number of likely N-dealkylation sites (tertiary alicyclic amines) is 1. The third-order valence-electron chi connectivity index (χ3n) is 5.04. The van der Waals surface area contributed by atoms with Crippen LogP contribution in [0.1, 0.15) is 24.0 Å². The van der Waals surface area contributed by atoms with Gasteiger partial charge in [-0.1, -0.05) is 46.3 Å². The van der Waals surface area contributed by atoms with Gasteiger partial charge in [0.25, 0.3) is 0 Å². The van der Waals surface area contributed by atoms with Gasteiger partial charge in [-0.15, -0.1) is 0 Å². The van der Waals surface area contributed by atoms with E-state index in [0.29, 0.717) is 0 Å². The van der Waals surface area contributed by atoms with Crippen molar-refractivity contribution in [3.05, 3.63) is 64.1 Å². The number of carbonyl (C=O) groups is 2. The van der Waals surface area contributed by atoms with Crippen LogP contribution in [0.5, 0.6) is 0 Å². The smallest absolute Gasteiger partial charge is 0.315 e. The van der Waals surface area contributed by atoms with Crippen molar-refractivity contribution in [3.63, 3.8) is 0 Å². The lowest BCUT2D eigenvalue weighted by Gasteiger charge is -2.32. The molecule has 0 saturated carbocycles. The van der Waals surface area contributed by atoms with Gasteiger partial charge in [0.15, 0.2) is 0 Å². The summed E-state index contributed by atoms with van der Waals surface area (Å²) in [5, 5.41) is 8.44. The fraction of sp³-hybridized carbons (Fsp3) is 0.364. The van der Waals surface area contributed by atoms with Crippen LogP contribution < -0.4 is 16.0 Å². The van der Waals surface area contributed by atoms with Crippen molar-refractivity contribution in [1.82, 2.24) is 15.5 Å². The molecule has 0 atom stereocenters. The quantitative estimate of drug-likeness (QED) is 0.618. The molecule has 1 heterocycles. The normalized spacial score (nSPS) is 15.0. The van der Waals surface area contributed by atoms with E-state index in [1.54, 1.807) is 0 Å². The molecule has 29 heavy (non-hydrogen) atoms. The minimum atomic E-state index is -0.297. The van der Waals surface area contributed by atoms with E-state index in [-0.39, 0.29) is 24.5 Å². The summed E-state index contributed by atoms with van der Waals surface area (Å²) in [5.41, 5.74) is 3.01. The number of aryl methyl sites for hydroxylation is 1. The second kappa shape index (κ2) is 10.4. The molecule has 0 radical (unpaired) electrons. The van der Waals surface area contributed by atoms with Gasteiger partial charge < -0.3 is 16.0 Å². The first-order chi connectivity index (χ1) is 14.0. The number of rotatable bonds is 6. The minimum absolute atomic E-state index is 0.0613. The number of halogens is 1. The van der Waals surface area contributed by atoms with Crippen molar-refractivity contribution < 1.29 is 9.59 Å². The Hall–Kier alpha value is -2.38. The highest BCUT2D eigenvalue weighted by molar-refractivity contribution is 9.10. The summed E-state index contributed by atoms with van der Waals surface area (Å²) in [6.07, 6.45) is 1.81. The number of benzene rings is 2. The number of carbonyl (C=O) groups excluding carboxylic acids is 2. The number of hydrogen-bond acceptors (Lipinski definition) is 3. The number of nitrogens with zero attached hydrogens (tertiary/aromatic N) is 1. The predicted molar refractivity (Wildman–Crippen MR) is 119 cm³/mol. The summed E-state index contributed by atoms with van der Waals surface area (Å²) in [6, 6.07) is 15.9. The van der Waals surface area contributed by atoms with E-state index < -0.39 is 0 Å². The Morgan fingerprint density at radius 2 is 1.83 bits per heavy atom. The fourth-order valence-corrected chi connectivity index (χ4v) is 3.91. The maximum Gasteiger partial charge on any atom is 0.315 e. The van der Waals surface area contributed by atoms with E-state index in [9.17, 15) is 9.59 Å². The van der Waals surface area contributed by atoms with Crippen molar-refractivity contribution in [2.24, 2.45) is 0 Å². The Morgan fingerprint density at radius 1 is 1.10 bits per heavy atom. The molecule has 0 unspecified atom stereocenters. The summed E-state index contributed by atoms with van der Waals surface area (Å²) in [7, 11) is 0. The lowest BCUT2D eigenvalue weighted by molar-refractivity contribution is -0.115. The first-order valence-electron chi connectivity index (χ1n) is 9.86. The van der Waals surface area contributed by atoms with Crippen LogP contribution in [0.15, 0.2) is 53.0 Å². The summed E-state index contributed by atoms with van der Waals surface area (Å²) in [6.45, 7) is 4.70. The molecule has 3 N–H and O–H groups in total. The molecule has 3 rings (SSSR count). The number of piperidine rings is 1. The second-order valence-electron chi connectivity index (χ2n) is 7.37. The van der Waals surface area contributed by atoms with Gasteiger partial charge in [0, 0.05) is 35.8 Å². The molecule has 6 nitrogen and oxygen atoms in total. The van der Waals surface area contributed by atoms with Crippen molar-refractivity contribution in [2.45, 2.75) is 32.4 Å².